The highest BCUT2D eigenvalue weighted by Crippen LogP contribution is 2.45. The summed E-state index contributed by atoms with van der Waals surface area (Å²) in [5.41, 5.74) is -1.72. The summed E-state index contributed by atoms with van der Waals surface area (Å²) in [6, 6.07) is 35.8. The van der Waals surface area contributed by atoms with Crippen LogP contribution in [0.3, 0.4) is 0 Å². The van der Waals surface area contributed by atoms with Gasteiger partial charge in [0.05, 0.1) is 0 Å². The molecule has 0 radical (unpaired) electrons. The highest BCUT2D eigenvalue weighted by atomic mass is 32.2. The van der Waals surface area contributed by atoms with E-state index in [1.54, 1.807) is 6.07 Å². The Morgan fingerprint density at radius 3 is 1.67 bits per heavy atom. The maximum absolute atomic E-state index is 13.0. The molecule has 6 aromatic rings. The lowest BCUT2D eigenvalue weighted by Crippen LogP contribution is -2.28. The molecule has 6 rings (SSSR count). The third-order valence-electron chi connectivity index (χ3n) is 6.61. The van der Waals surface area contributed by atoms with Crippen molar-refractivity contribution in [1.82, 2.24) is 0 Å². The van der Waals surface area contributed by atoms with Crippen molar-refractivity contribution in [2.24, 2.45) is 0 Å². The Balaban J connectivity index is 0.00000308. The van der Waals surface area contributed by atoms with Gasteiger partial charge in [-0.15, -0.1) is 0 Å². The van der Waals surface area contributed by atoms with Gasteiger partial charge in [0.25, 0.3) is 0 Å². The smallest absolute Gasteiger partial charge is 0.376 e. The van der Waals surface area contributed by atoms with Gasteiger partial charge in [0.2, 0.25) is 0 Å². The second-order valence-corrected chi connectivity index (χ2v) is 10.4. The van der Waals surface area contributed by atoms with Crippen molar-refractivity contribution in [1.29, 1.82) is 0 Å². The SMILES string of the molecule is O=S(=O)(Oc1ccc2cccc(-c3c4ccccc4c(-c4ccccc4)c4ccccc34)c2c1)C(F)(F)F.S. The first kappa shape index (κ1) is 26.6. The van der Waals surface area contributed by atoms with Gasteiger partial charge in [-0.2, -0.15) is 35.1 Å². The van der Waals surface area contributed by atoms with Crippen LogP contribution in [0.1, 0.15) is 0 Å². The molecular weight excluding hydrogens is 541 g/mol. The van der Waals surface area contributed by atoms with Gasteiger partial charge in [-0.3, -0.25) is 0 Å². The standard InChI is InChI=1S/C31H19F3O3S.H2S/c32-31(33,34)38(35,36)37-22-18-17-20-11-8-16-27(28(20)19-22)30-25-14-6-4-12-23(25)29(21-9-2-1-3-10-21)24-13-5-7-15-26(24)30;/h1-19H;1H2. The highest BCUT2D eigenvalue weighted by molar-refractivity contribution is 7.88. The van der Waals surface area contributed by atoms with Crippen molar-refractivity contribution in [3.63, 3.8) is 0 Å². The van der Waals surface area contributed by atoms with Gasteiger partial charge >= 0.3 is 15.6 Å². The highest BCUT2D eigenvalue weighted by Gasteiger charge is 2.48. The Morgan fingerprint density at radius 2 is 1.10 bits per heavy atom. The van der Waals surface area contributed by atoms with Crippen LogP contribution in [0, 0.1) is 0 Å². The van der Waals surface area contributed by atoms with Crippen molar-refractivity contribution < 1.29 is 25.8 Å². The van der Waals surface area contributed by atoms with E-state index in [9.17, 15) is 21.6 Å². The summed E-state index contributed by atoms with van der Waals surface area (Å²) in [4.78, 5) is 0. The molecule has 0 saturated heterocycles. The molecule has 8 heteroatoms. The van der Waals surface area contributed by atoms with Crippen molar-refractivity contribution in [2.75, 3.05) is 0 Å². The van der Waals surface area contributed by atoms with Gasteiger partial charge in [-0.25, -0.2) is 0 Å². The Hall–Kier alpha value is -4.01. The zero-order valence-electron chi connectivity index (χ0n) is 20.2. The molecule has 6 aromatic carbocycles. The van der Waals surface area contributed by atoms with Crippen LogP contribution in [-0.4, -0.2) is 13.9 Å². The number of hydrogen-bond donors (Lipinski definition) is 0. The summed E-state index contributed by atoms with van der Waals surface area (Å²) in [5, 5.41) is 5.29. The number of halogens is 3. The zero-order valence-corrected chi connectivity index (χ0v) is 22.1. The lowest BCUT2D eigenvalue weighted by atomic mass is 9.85. The number of alkyl halides is 3. The average molecular weight is 563 g/mol. The third kappa shape index (κ3) is 4.60. The minimum Gasteiger partial charge on any atom is -0.376 e. The Labute approximate surface area is 230 Å². The number of hydrogen-bond acceptors (Lipinski definition) is 3. The second-order valence-electron chi connectivity index (χ2n) is 8.88. The third-order valence-corrected chi connectivity index (χ3v) is 7.59. The quantitative estimate of drug-likeness (QED) is 0.123. The summed E-state index contributed by atoms with van der Waals surface area (Å²) in [7, 11) is -5.80. The first-order valence-corrected chi connectivity index (χ1v) is 13.2. The van der Waals surface area contributed by atoms with Gasteiger partial charge in [0.15, 0.2) is 0 Å². The van der Waals surface area contributed by atoms with Crippen molar-refractivity contribution in [3.05, 3.63) is 115 Å². The lowest BCUT2D eigenvalue weighted by Gasteiger charge is -2.19. The largest absolute Gasteiger partial charge is 0.534 e. The molecule has 0 saturated carbocycles. The summed E-state index contributed by atoms with van der Waals surface area (Å²) in [5.74, 6) is -0.406. The van der Waals surface area contributed by atoms with Crippen LogP contribution >= 0.6 is 13.5 Å². The predicted octanol–water partition coefficient (Wildman–Crippen LogP) is 8.82. The molecule has 0 heterocycles. The monoisotopic (exact) mass is 562 g/mol. The van der Waals surface area contributed by atoms with Crippen LogP contribution in [0.4, 0.5) is 13.2 Å². The first-order chi connectivity index (χ1) is 18.2. The summed E-state index contributed by atoms with van der Waals surface area (Å²) in [6.07, 6.45) is 0. The van der Waals surface area contributed by atoms with Gasteiger partial charge in [0, 0.05) is 0 Å². The fourth-order valence-corrected chi connectivity index (χ4v) is 5.48. The van der Waals surface area contributed by atoms with Crippen LogP contribution in [0.15, 0.2) is 115 Å². The molecule has 0 bridgehead atoms. The fraction of sp³-hybridized carbons (Fsp3) is 0.0323. The molecule has 0 aromatic heterocycles. The molecular formula is C31H21F3O3S2. The molecule has 0 aliphatic heterocycles. The average Bonchev–Trinajstić information content (AvgIpc) is 2.91. The van der Waals surface area contributed by atoms with Crippen LogP contribution in [0.5, 0.6) is 5.75 Å². The van der Waals surface area contributed by atoms with Crippen molar-refractivity contribution in [3.8, 4) is 28.0 Å². The van der Waals surface area contributed by atoms with Gasteiger partial charge in [0.1, 0.15) is 5.75 Å². The molecule has 196 valence electrons. The topological polar surface area (TPSA) is 43.4 Å². The van der Waals surface area contributed by atoms with E-state index < -0.39 is 21.4 Å². The molecule has 3 nitrogen and oxygen atoms in total. The van der Waals surface area contributed by atoms with Crippen LogP contribution in [0.25, 0.3) is 54.6 Å². The molecule has 0 N–H and O–H groups in total. The Bertz CT molecular complexity index is 1900. The maximum Gasteiger partial charge on any atom is 0.534 e. The molecule has 0 spiro atoms. The Kier molecular flexibility index (Phi) is 6.78. The van der Waals surface area contributed by atoms with E-state index in [4.69, 9.17) is 0 Å². The van der Waals surface area contributed by atoms with Gasteiger partial charge in [-0.05, 0) is 66.7 Å². The number of fused-ring (bicyclic) bond motifs is 3. The van der Waals surface area contributed by atoms with E-state index >= 15 is 0 Å². The van der Waals surface area contributed by atoms with E-state index in [1.807, 2.05) is 72.8 Å². The zero-order chi connectivity index (χ0) is 26.5. The molecule has 0 aliphatic carbocycles. The van der Waals surface area contributed by atoms with Crippen molar-refractivity contribution in [2.45, 2.75) is 5.51 Å². The Morgan fingerprint density at radius 1 is 0.564 bits per heavy atom. The minimum atomic E-state index is -5.80. The van der Waals surface area contributed by atoms with Crippen LogP contribution < -0.4 is 4.18 Å². The van der Waals surface area contributed by atoms with E-state index in [-0.39, 0.29) is 13.5 Å². The molecule has 0 atom stereocenters. The molecule has 0 unspecified atom stereocenters. The van der Waals surface area contributed by atoms with E-state index in [2.05, 4.69) is 28.4 Å². The number of rotatable bonds is 4. The lowest BCUT2D eigenvalue weighted by molar-refractivity contribution is -0.0500. The van der Waals surface area contributed by atoms with E-state index in [0.717, 1.165) is 49.2 Å². The van der Waals surface area contributed by atoms with Gasteiger partial charge in [-0.1, -0.05) is 103 Å². The summed E-state index contributed by atoms with van der Waals surface area (Å²) < 4.78 is 66.8. The molecule has 39 heavy (non-hydrogen) atoms. The van der Waals surface area contributed by atoms with Crippen molar-refractivity contribution >= 4 is 55.9 Å². The first-order valence-electron chi connectivity index (χ1n) is 11.8. The normalized spacial score (nSPS) is 12.0. The maximum atomic E-state index is 13.0. The molecule has 0 amide bonds. The summed E-state index contributed by atoms with van der Waals surface area (Å²) >= 11 is 0. The van der Waals surface area contributed by atoms with Crippen LogP contribution in [0.2, 0.25) is 0 Å². The fourth-order valence-electron chi connectivity index (χ4n) is 5.03. The van der Waals surface area contributed by atoms with E-state index in [1.165, 1.54) is 12.1 Å². The van der Waals surface area contributed by atoms with Gasteiger partial charge < -0.3 is 4.18 Å². The number of benzene rings is 6. The summed E-state index contributed by atoms with van der Waals surface area (Å²) in [6.45, 7) is 0. The minimum absolute atomic E-state index is 0. The van der Waals surface area contributed by atoms with Crippen LogP contribution in [-0.2, 0) is 10.1 Å². The molecule has 0 aliphatic rings. The second kappa shape index (κ2) is 9.94. The molecule has 0 fully saturated rings. The van der Waals surface area contributed by atoms with E-state index in [0.29, 0.717) is 5.39 Å². The predicted molar refractivity (Wildman–Crippen MR) is 156 cm³/mol.